The van der Waals surface area contributed by atoms with Gasteiger partial charge in [0, 0.05) is 43.0 Å². The SMILES string of the molecule is CN(C)c1ccc(-c2ccc(-c3ccc([N+](=O)[O-])cc3)c3nsnc23)cc1. The van der Waals surface area contributed by atoms with Crippen LogP contribution < -0.4 is 4.90 Å². The molecule has 0 saturated carbocycles. The van der Waals surface area contributed by atoms with Crippen molar-refractivity contribution in [1.82, 2.24) is 8.75 Å². The first kappa shape index (κ1) is 17.1. The Morgan fingerprint density at radius 2 is 1.30 bits per heavy atom. The van der Waals surface area contributed by atoms with Crippen molar-refractivity contribution in [3.8, 4) is 22.3 Å². The van der Waals surface area contributed by atoms with Crippen LogP contribution in [0.4, 0.5) is 11.4 Å². The molecule has 0 bridgehead atoms. The van der Waals surface area contributed by atoms with E-state index in [9.17, 15) is 10.1 Å². The average molecular weight is 376 g/mol. The topological polar surface area (TPSA) is 72.2 Å². The van der Waals surface area contributed by atoms with E-state index < -0.39 is 4.92 Å². The number of nitro benzene ring substituents is 1. The maximum Gasteiger partial charge on any atom is 0.269 e. The van der Waals surface area contributed by atoms with Gasteiger partial charge >= 0.3 is 0 Å². The molecule has 4 aromatic rings. The Bertz CT molecular complexity index is 1120. The molecule has 1 heterocycles. The van der Waals surface area contributed by atoms with E-state index in [1.165, 1.54) is 23.9 Å². The van der Waals surface area contributed by atoms with Gasteiger partial charge in [-0.05, 0) is 35.4 Å². The van der Waals surface area contributed by atoms with Gasteiger partial charge in [-0.25, -0.2) is 0 Å². The van der Waals surface area contributed by atoms with Gasteiger partial charge in [-0.1, -0.05) is 24.3 Å². The number of non-ortho nitro benzene ring substituents is 1. The maximum absolute atomic E-state index is 10.9. The smallest absolute Gasteiger partial charge is 0.269 e. The van der Waals surface area contributed by atoms with Crippen molar-refractivity contribution in [2.45, 2.75) is 0 Å². The lowest BCUT2D eigenvalue weighted by atomic mass is 9.97. The second-order valence-corrected chi connectivity index (χ2v) is 6.90. The van der Waals surface area contributed by atoms with Gasteiger partial charge in [-0.15, -0.1) is 0 Å². The minimum Gasteiger partial charge on any atom is -0.378 e. The fraction of sp³-hybridized carbons (Fsp3) is 0.100. The van der Waals surface area contributed by atoms with Crippen LogP contribution in [0.5, 0.6) is 0 Å². The van der Waals surface area contributed by atoms with Crippen LogP contribution in [0.15, 0.2) is 60.7 Å². The van der Waals surface area contributed by atoms with E-state index in [0.717, 1.165) is 39.0 Å². The molecule has 3 aromatic carbocycles. The van der Waals surface area contributed by atoms with E-state index in [2.05, 4.69) is 37.9 Å². The number of benzene rings is 3. The van der Waals surface area contributed by atoms with Gasteiger partial charge in [0.2, 0.25) is 0 Å². The molecule has 0 radical (unpaired) electrons. The monoisotopic (exact) mass is 376 g/mol. The van der Waals surface area contributed by atoms with Crippen LogP contribution in [0.3, 0.4) is 0 Å². The molecule has 134 valence electrons. The summed E-state index contributed by atoms with van der Waals surface area (Å²) in [6.45, 7) is 0. The quantitative estimate of drug-likeness (QED) is 0.370. The fourth-order valence-electron chi connectivity index (χ4n) is 3.03. The first-order valence-electron chi connectivity index (χ1n) is 8.32. The molecule has 4 rings (SSSR count). The molecule has 0 aliphatic carbocycles. The van der Waals surface area contributed by atoms with Crippen LogP contribution in [-0.4, -0.2) is 27.8 Å². The largest absolute Gasteiger partial charge is 0.378 e. The highest BCUT2D eigenvalue weighted by Crippen LogP contribution is 2.35. The van der Waals surface area contributed by atoms with Gasteiger partial charge in [0.15, 0.2) is 0 Å². The van der Waals surface area contributed by atoms with E-state index >= 15 is 0 Å². The third-order valence-electron chi connectivity index (χ3n) is 4.50. The van der Waals surface area contributed by atoms with Crippen molar-refractivity contribution in [3.05, 3.63) is 70.8 Å². The van der Waals surface area contributed by atoms with E-state index in [-0.39, 0.29) is 5.69 Å². The van der Waals surface area contributed by atoms with E-state index in [1.807, 2.05) is 26.2 Å². The molecular weight excluding hydrogens is 360 g/mol. The molecule has 0 N–H and O–H groups in total. The van der Waals surface area contributed by atoms with Crippen LogP contribution in [0, 0.1) is 10.1 Å². The standard InChI is InChI=1S/C20H16N4O2S/c1-23(2)15-7-3-13(4-8-15)17-11-12-18(20-19(17)21-27-22-20)14-5-9-16(10-6-14)24(25)26/h3-12H,1-2H3. The lowest BCUT2D eigenvalue weighted by Crippen LogP contribution is -2.07. The van der Waals surface area contributed by atoms with Crippen LogP contribution in [-0.2, 0) is 0 Å². The van der Waals surface area contributed by atoms with Crippen molar-refractivity contribution in [2.75, 3.05) is 19.0 Å². The molecule has 6 nitrogen and oxygen atoms in total. The van der Waals surface area contributed by atoms with Crippen molar-refractivity contribution in [1.29, 1.82) is 0 Å². The first-order valence-corrected chi connectivity index (χ1v) is 9.05. The van der Waals surface area contributed by atoms with Crippen molar-refractivity contribution >= 4 is 34.1 Å². The molecule has 0 amide bonds. The van der Waals surface area contributed by atoms with Gasteiger partial charge in [-0.2, -0.15) is 8.75 Å². The molecule has 27 heavy (non-hydrogen) atoms. The Morgan fingerprint density at radius 1 is 0.815 bits per heavy atom. The summed E-state index contributed by atoms with van der Waals surface area (Å²) >= 11 is 1.17. The fourth-order valence-corrected chi connectivity index (χ4v) is 3.61. The Balaban J connectivity index is 1.79. The maximum atomic E-state index is 10.9. The minimum absolute atomic E-state index is 0.0731. The molecule has 0 aliphatic rings. The molecule has 0 aliphatic heterocycles. The second kappa shape index (κ2) is 6.77. The number of rotatable bonds is 4. The number of anilines is 1. The molecule has 0 fully saturated rings. The summed E-state index contributed by atoms with van der Waals surface area (Å²) in [5, 5.41) is 10.9. The molecule has 0 atom stereocenters. The number of nitro groups is 1. The van der Waals surface area contributed by atoms with Gasteiger partial charge in [0.1, 0.15) is 11.0 Å². The predicted octanol–water partition coefficient (Wildman–Crippen LogP) is 5.00. The Morgan fingerprint density at radius 3 is 1.74 bits per heavy atom. The van der Waals surface area contributed by atoms with E-state index in [0.29, 0.717) is 0 Å². The van der Waals surface area contributed by atoms with Gasteiger partial charge < -0.3 is 4.90 Å². The summed E-state index contributed by atoms with van der Waals surface area (Å²) in [7, 11) is 4.02. The van der Waals surface area contributed by atoms with Gasteiger partial charge in [-0.3, -0.25) is 10.1 Å². The zero-order chi connectivity index (χ0) is 19.0. The molecule has 0 saturated heterocycles. The molecule has 1 aromatic heterocycles. The summed E-state index contributed by atoms with van der Waals surface area (Å²) in [5.74, 6) is 0. The highest BCUT2D eigenvalue weighted by atomic mass is 32.1. The molecular formula is C20H16N4O2S. The molecule has 0 unspecified atom stereocenters. The highest BCUT2D eigenvalue weighted by molar-refractivity contribution is 7.00. The summed E-state index contributed by atoms with van der Waals surface area (Å²) in [4.78, 5) is 12.5. The van der Waals surface area contributed by atoms with E-state index in [1.54, 1.807) is 12.1 Å². The number of nitrogens with zero attached hydrogens (tertiary/aromatic N) is 4. The average Bonchev–Trinajstić information content (AvgIpc) is 3.17. The molecule has 7 heteroatoms. The summed E-state index contributed by atoms with van der Waals surface area (Å²) < 4.78 is 8.97. The lowest BCUT2D eigenvalue weighted by molar-refractivity contribution is -0.384. The third kappa shape index (κ3) is 3.13. The Labute approximate surface area is 160 Å². The summed E-state index contributed by atoms with van der Waals surface area (Å²) in [6.07, 6.45) is 0. The number of aromatic nitrogens is 2. The van der Waals surface area contributed by atoms with Crippen LogP contribution in [0.2, 0.25) is 0 Å². The lowest BCUT2D eigenvalue weighted by Gasteiger charge is -2.13. The summed E-state index contributed by atoms with van der Waals surface area (Å²) in [6, 6.07) is 18.9. The second-order valence-electron chi connectivity index (χ2n) is 6.37. The van der Waals surface area contributed by atoms with Crippen LogP contribution >= 0.6 is 11.7 Å². The Hall–Kier alpha value is -3.32. The van der Waals surface area contributed by atoms with Gasteiger partial charge in [0.05, 0.1) is 16.7 Å². The zero-order valence-electron chi connectivity index (χ0n) is 14.8. The third-order valence-corrected chi connectivity index (χ3v) is 5.03. The zero-order valence-corrected chi connectivity index (χ0v) is 15.6. The predicted molar refractivity (Wildman–Crippen MR) is 109 cm³/mol. The first-order chi connectivity index (χ1) is 13.0. The van der Waals surface area contributed by atoms with Crippen molar-refractivity contribution in [3.63, 3.8) is 0 Å². The summed E-state index contributed by atoms with van der Waals surface area (Å²) in [5.41, 5.74) is 6.76. The number of hydrogen-bond donors (Lipinski definition) is 0. The van der Waals surface area contributed by atoms with Crippen molar-refractivity contribution < 1.29 is 4.92 Å². The molecule has 0 spiro atoms. The Kier molecular flexibility index (Phi) is 4.29. The number of fused-ring (bicyclic) bond motifs is 1. The minimum atomic E-state index is -0.399. The van der Waals surface area contributed by atoms with Crippen LogP contribution in [0.25, 0.3) is 33.3 Å². The van der Waals surface area contributed by atoms with E-state index in [4.69, 9.17) is 0 Å². The normalized spacial score (nSPS) is 10.9. The number of hydrogen-bond acceptors (Lipinski definition) is 6. The van der Waals surface area contributed by atoms with Crippen molar-refractivity contribution in [2.24, 2.45) is 0 Å². The highest BCUT2D eigenvalue weighted by Gasteiger charge is 2.14. The van der Waals surface area contributed by atoms with Gasteiger partial charge in [0.25, 0.3) is 5.69 Å². The van der Waals surface area contributed by atoms with Crippen LogP contribution in [0.1, 0.15) is 0 Å².